The van der Waals surface area contributed by atoms with Crippen molar-refractivity contribution >= 4 is 57.2 Å². The summed E-state index contributed by atoms with van der Waals surface area (Å²) in [6.07, 6.45) is 4.20. The first-order valence-electron chi connectivity index (χ1n) is 11.1. The number of carbonyl (C=O) groups excluding carboxylic acids is 1. The summed E-state index contributed by atoms with van der Waals surface area (Å²) in [5, 5.41) is 17.2. The van der Waals surface area contributed by atoms with Crippen LogP contribution >= 0.6 is 24.0 Å². The molecule has 2 N–H and O–H groups in total. The average molecular weight is 516 g/mol. The van der Waals surface area contributed by atoms with Crippen molar-refractivity contribution in [2.75, 3.05) is 13.7 Å². The number of carboxylic acid groups (broad SMARTS) is 1. The zero-order valence-corrected chi connectivity index (χ0v) is 20.9. The molecule has 5 rings (SSSR count). The maximum Gasteiger partial charge on any atom is 0.335 e. The van der Waals surface area contributed by atoms with Crippen LogP contribution in [0, 0.1) is 0 Å². The molecule has 0 spiro atoms. The number of hydrogen-bond donors (Lipinski definition) is 2. The predicted molar refractivity (Wildman–Crippen MR) is 145 cm³/mol. The molecule has 0 bridgehead atoms. The van der Waals surface area contributed by atoms with E-state index in [1.165, 1.54) is 11.8 Å². The topological polar surface area (TPSA) is 95.5 Å². The summed E-state index contributed by atoms with van der Waals surface area (Å²) in [6, 6.07) is 18.5. The molecule has 1 aromatic heterocycles. The molecular weight excluding hydrogens is 494 g/mol. The number of methoxy groups -OCH3 is 1. The van der Waals surface area contributed by atoms with Crippen LogP contribution < -0.4 is 4.74 Å². The number of nitrogens with one attached hydrogen (secondary N) is 1. The second-order valence-corrected chi connectivity index (χ2v) is 9.89. The Morgan fingerprint density at radius 3 is 2.72 bits per heavy atom. The third-order valence-electron chi connectivity index (χ3n) is 5.97. The Labute approximate surface area is 216 Å². The number of aromatic carboxylic acids is 1. The number of H-pyrrole nitrogens is 1. The smallest absolute Gasteiger partial charge is 0.335 e. The van der Waals surface area contributed by atoms with Gasteiger partial charge < -0.3 is 9.84 Å². The van der Waals surface area contributed by atoms with Crippen molar-refractivity contribution in [2.24, 2.45) is 0 Å². The molecule has 0 aliphatic carbocycles. The number of ether oxygens (including phenoxy) is 1. The van der Waals surface area contributed by atoms with E-state index in [1.807, 2.05) is 42.5 Å². The SMILES string of the molecule is COc1ccc(/C=C2\SC(=S)N(CCc3ccc(C(=O)O)cc3)C2=O)cc1-c1ccc2cn[nH]c2c1. The van der Waals surface area contributed by atoms with E-state index in [0.717, 1.165) is 38.9 Å². The fourth-order valence-electron chi connectivity index (χ4n) is 4.04. The van der Waals surface area contributed by atoms with Gasteiger partial charge in [0.15, 0.2) is 0 Å². The van der Waals surface area contributed by atoms with Crippen LogP contribution in [0.25, 0.3) is 28.1 Å². The van der Waals surface area contributed by atoms with Crippen LogP contribution in [0.4, 0.5) is 0 Å². The lowest BCUT2D eigenvalue weighted by molar-refractivity contribution is -0.122. The number of aromatic amines is 1. The summed E-state index contributed by atoms with van der Waals surface area (Å²) in [6.45, 7) is 0.423. The van der Waals surface area contributed by atoms with Gasteiger partial charge in [-0.15, -0.1) is 0 Å². The van der Waals surface area contributed by atoms with Crippen molar-refractivity contribution in [3.05, 3.63) is 88.5 Å². The van der Waals surface area contributed by atoms with Crippen molar-refractivity contribution in [1.29, 1.82) is 0 Å². The highest BCUT2D eigenvalue weighted by molar-refractivity contribution is 8.26. The minimum Gasteiger partial charge on any atom is -0.496 e. The lowest BCUT2D eigenvalue weighted by Gasteiger charge is -2.14. The number of thioether (sulfide) groups is 1. The van der Waals surface area contributed by atoms with Crippen LogP contribution in [0.5, 0.6) is 5.75 Å². The van der Waals surface area contributed by atoms with Gasteiger partial charge in [0.25, 0.3) is 5.91 Å². The Balaban J connectivity index is 1.36. The standard InChI is InChI=1S/C27H21N3O4S2/c1-34-23-9-4-17(12-21(23)19-7-8-20-15-28-29-22(20)14-19)13-24-25(31)30(27(35)36-24)11-10-16-2-5-18(6-3-16)26(32)33/h2-9,12-15H,10-11H2,1H3,(H,28,29)(H,32,33)/b24-13-. The van der Waals surface area contributed by atoms with Crippen LogP contribution in [-0.2, 0) is 11.2 Å². The molecule has 0 saturated carbocycles. The van der Waals surface area contributed by atoms with Gasteiger partial charge in [-0.1, -0.05) is 54.3 Å². The van der Waals surface area contributed by atoms with Gasteiger partial charge in [0.05, 0.1) is 29.3 Å². The van der Waals surface area contributed by atoms with Gasteiger partial charge >= 0.3 is 5.97 Å². The second kappa shape index (κ2) is 9.96. The summed E-state index contributed by atoms with van der Waals surface area (Å²) in [7, 11) is 1.63. The number of nitrogens with zero attached hydrogens (tertiary/aromatic N) is 2. The van der Waals surface area contributed by atoms with E-state index >= 15 is 0 Å². The first-order chi connectivity index (χ1) is 17.4. The van der Waals surface area contributed by atoms with Gasteiger partial charge in [-0.2, -0.15) is 5.10 Å². The normalized spacial score (nSPS) is 14.7. The minimum absolute atomic E-state index is 0.136. The summed E-state index contributed by atoms with van der Waals surface area (Å²) in [4.78, 5) is 26.3. The number of rotatable bonds is 7. The van der Waals surface area contributed by atoms with Crippen molar-refractivity contribution in [2.45, 2.75) is 6.42 Å². The zero-order chi connectivity index (χ0) is 25.2. The Morgan fingerprint density at radius 2 is 1.97 bits per heavy atom. The molecule has 9 heteroatoms. The second-order valence-electron chi connectivity index (χ2n) is 8.22. The van der Waals surface area contributed by atoms with Crippen LogP contribution in [0.1, 0.15) is 21.5 Å². The highest BCUT2D eigenvalue weighted by atomic mass is 32.2. The van der Waals surface area contributed by atoms with Gasteiger partial charge in [0.1, 0.15) is 10.1 Å². The van der Waals surface area contributed by atoms with Crippen LogP contribution in [0.3, 0.4) is 0 Å². The van der Waals surface area contributed by atoms with Gasteiger partial charge in [-0.25, -0.2) is 4.79 Å². The van der Waals surface area contributed by atoms with E-state index in [2.05, 4.69) is 10.2 Å². The summed E-state index contributed by atoms with van der Waals surface area (Å²) >= 11 is 6.76. The molecule has 1 aliphatic heterocycles. The molecule has 1 fully saturated rings. The van der Waals surface area contributed by atoms with E-state index < -0.39 is 5.97 Å². The van der Waals surface area contributed by atoms with Crippen molar-refractivity contribution in [3.63, 3.8) is 0 Å². The monoisotopic (exact) mass is 515 g/mol. The number of amides is 1. The Morgan fingerprint density at radius 1 is 1.17 bits per heavy atom. The molecule has 0 unspecified atom stereocenters. The molecular formula is C27H21N3O4S2. The summed E-state index contributed by atoms with van der Waals surface area (Å²) in [5.41, 5.74) is 4.84. The fraction of sp³-hybridized carbons (Fsp3) is 0.111. The minimum atomic E-state index is -0.966. The molecule has 1 aliphatic rings. The maximum absolute atomic E-state index is 13.1. The van der Waals surface area contributed by atoms with Crippen molar-refractivity contribution < 1.29 is 19.4 Å². The first-order valence-corrected chi connectivity index (χ1v) is 12.3. The van der Waals surface area contributed by atoms with E-state index in [1.54, 1.807) is 42.5 Å². The summed E-state index contributed by atoms with van der Waals surface area (Å²) in [5.74, 6) is -0.372. The number of fused-ring (bicyclic) bond motifs is 1. The molecule has 1 saturated heterocycles. The van der Waals surface area contributed by atoms with Crippen molar-refractivity contribution in [1.82, 2.24) is 15.1 Å². The Hall–Kier alpha value is -3.95. The number of benzene rings is 3. The van der Waals surface area contributed by atoms with Gasteiger partial charge in [0, 0.05) is 17.5 Å². The highest BCUT2D eigenvalue weighted by Gasteiger charge is 2.31. The lowest BCUT2D eigenvalue weighted by Crippen LogP contribution is -2.30. The van der Waals surface area contributed by atoms with Gasteiger partial charge in [-0.05, 0) is 59.5 Å². The number of hydrogen-bond acceptors (Lipinski definition) is 6. The molecule has 1 amide bonds. The first kappa shape index (κ1) is 23.8. The quantitative estimate of drug-likeness (QED) is 0.252. The third-order valence-corrected chi connectivity index (χ3v) is 7.35. The van der Waals surface area contributed by atoms with Crippen LogP contribution in [-0.4, -0.2) is 50.1 Å². The predicted octanol–water partition coefficient (Wildman–Crippen LogP) is 5.38. The average Bonchev–Trinajstić information content (AvgIpc) is 3.46. The number of carboxylic acids is 1. The summed E-state index contributed by atoms with van der Waals surface area (Å²) < 4.78 is 6.09. The van der Waals surface area contributed by atoms with Crippen LogP contribution in [0.2, 0.25) is 0 Å². The fourth-order valence-corrected chi connectivity index (χ4v) is 5.35. The van der Waals surface area contributed by atoms with E-state index in [9.17, 15) is 9.59 Å². The molecule has 180 valence electrons. The van der Waals surface area contributed by atoms with E-state index in [4.69, 9.17) is 22.1 Å². The molecule has 0 radical (unpaired) electrons. The number of thiocarbonyl (C=S) groups is 1. The highest BCUT2D eigenvalue weighted by Crippen LogP contribution is 2.36. The van der Waals surface area contributed by atoms with E-state index in [0.29, 0.717) is 22.2 Å². The van der Waals surface area contributed by atoms with E-state index in [-0.39, 0.29) is 11.5 Å². The molecule has 2 heterocycles. The molecule has 0 atom stereocenters. The molecule has 3 aromatic carbocycles. The van der Waals surface area contributed by atoms with Crippen molar-refractivity contribution in [3.8, 4) is 16.9 Å². The molecule has 7 nitrogen and oxygen atoms in total. The molecule has 4 aromatic rings. The van der Waals surface area contributed by atoms with Crippen LogP contribution in [0.15, 0.2) is 71.8 Å². The molecule has 36 heavy (non-hydrogen) atoms. The maximum atomic E-state index is 13.1. The number of carbonyl (C=O) groups is 2. The Kier molecular flexibility index (Phi) is 6.58. The van der Waals surface area contributed by atoms with Gasteiger partial charge in [0.2, 0.25) is 0 Å². The number of aromatic nitrogens is 2. The zero-order valence-electron chi connectivity index (χ0n) is 19.2. The van der Waals surface area contributed by atoms with Gasteiger partial charge in [-0.3, -0.25) is 14.8 Å². The third kappa shape index (κ3) is 4.75. The lowest BCUT2D eigenvalue weighted by atomic mass is 10.0. The Bertz CT molecular complexity index is 1530. The largest absolute Gasteiger partial charge is 0.496 e.